The molecule has 1 saturated heterocycles. The van der Waals surface area contributed by atoms with Gasteiger partial charge in [0.1, 0.15) is 5.78 Å². The van der Waals surface area contributed by atoms with Crippen LogP contribution < -0.4 is 0 Å². The Hall–Kier alpha value is -1.77. The van der Waals surface area contributed by atoms with Crippen LogP contribution in [0.15, 0.2) is 24.3 Å². The number of esters is 1. The highest BCUT2D eigenvalue weighted by Crippen LogP contribution is 2.67. The molecular formula is C21H25NO6S. The second kappa shape index (κ2) is 5.68. The third-order valence-electron chi connectivity index (χ3n) is 8.21. The van der Waals surface area contributed by atoms with Crippen LogP contribution in [0.3, 0.4) is 0 Å². The van der Waals surface area contributed by atoms with Crippen molar-refractivity contribution in [2.75, 3.05) is 13.1 Å². The van der Waals surface area contributed by atoms with E-state index in [-0.39, 0.29) is 18.2 Å². The van der Waals surface area contributed by atoms with E-state index in [1.165, 1.54) is 0 Å². The first-order valence-electron chi connectivity index (χ1n) is 10.1. The van der Waals surface area contributed by atoms with E-state index < -0.39 is 37.9 Å². The summed E-state index contributed by atoms with van der Waals surface area (Å²) in [5.41, 5.74) is -1.35. The number of carbonyl (C=O) groups excluding carboxylic acids is 2. The molecule has 156 valence electrons. The van der Waals surface area contributed by atoms with Crippen molar-refractivity contribution in [2.24, 2.45) is 16.7 Å². The van der Waals surface area contributed by atoms with Gasteiger partial charge in [-0.15, -0.1) is 0 Å². The third-order valence-corrected chi connectivity index (χ3v) is 9.47. The number of benzene rings is 1. The lowest BCUT2D eigenvalue weighted by atomic mass is 9.68. The van der Waals surface area contributed by atoms with Gasteiger partial charge in [-0.1, -0.05) is 32.0 Å². The first kappa shape index (κ1) is 19.2. The fourth-order valence-corrected chi connectivity index (χ4v) is 8.32. The molecular weight excluding hydrogens is 394 g/mol. The molecule has 0 radical (unpaired) electrons. The molecule has 7 nitrogen and oxygen atoms in total. The number of carbonyl (C=O) groups is 2. The van der Waals surface area contributed by atoms with E-state index in [2.05, 4.69) is 0 Å². The molecule has 0 amide bonds. The van der Waals surface area contributed by atoms with Crippen LogP contribution in [-0.2, 0) is 25.3 Å². The monoisotopic (exact) mass is 419 g/mol. The Labute approximate surface area is 170 Å². The van der Waals surface area contributed by atoms with E-state index in [1.54, 1.807) is 17.0 Å². The van der Waals surface area contributed by atoms with Gasteiger partial charge < -0.3 is 4.74 Å². The van der Waals surface area contributed by atoms with Crippen molar-refractivity contribution in [3.05, 3.63) is 35.4 Å². The van der Waals surface area contributed by atoms with Gasteiger partial charge in [-0.2, -0.15) is 8.42 Å². The topological polar surface area (TPSA) is 101 Å². The van der Waals surface area contributed by atoms with E-state index in [9.17, 15) is 22.6 Å². The maximum absolute atomic E-state index is 13.1. The van der Waals surface area contributed by atoms with Crippen molar-refractivity contribution in [1.29, 1.82) is 0 Å². The van der Waals surface area contributed by atoms with Crippen LogP contribution in [-0.4, -0.2) is 48.1 Å². The van der Waals surface area contributed by atoms with Crippen LogP contribution in [0, 0.1) is 16.7 Å². The molecule has 0 aromatic heterocycles. The van der Waals surface area contributed by atoms with Gasteiger partial charge >= 0.3 is 5.97 Å². The minimum absolute atomic E-state index is 0.0776. The minimum atomic E-state index is -4.55. The van der Waals surface area contributed by atoms with Gasteiger partial charge in [-0.3, -0.25) is 14.2 Å². The van der Waals surface area contributed by atoms with Crippen LogP contribution in [0.1, 0.15) is 55.5 Å². The van der Waals surface area contributed by atoms with E-state index in [0.717, 1.165) is 12.0 Å². The molecule has 2 bridgehead atoms. The summed E-state index contributed by atoms with van der Waals surface area (Å²) >= 11 is 0. The standard InChI is InChI=1S/C21H25NO6S/c1-19(2)13-7-8-21(19,16(23)11-13)18(29(25,26)27)22-10-9-20(12-22)15-6-4-3-5-14(15)17(24)28-20/h3-6,13,18H,7-12H2,1-2H3,(H,25,26,27)/t13?,18?,20?,21-/m0/s1. The molecule has 5 rings (SSSR count). The fraction of sp³-hybridized carbons (Fsp3) is 0.619. The van der Waals surface area contributed by atoms with Gasteiger partial charge in [0.15, 0.2) is 11.0 Å². The van der Waals surface area contributed by atoms with Gasteiger partial charge in [0.25, 0.3) is 10.1 Å². The number of Topliss-reactive ketones (excluding diaryl/α,β-unsaturated/α-hetero) is 1. The van der Waals surface area contributed by atoms with Crippen molar-refractivity contribution in [1.82, 2.24) is 4.90 Å². The Morgan fingerprint density at radius 3 is 2.55 bits per heavy atom. The van der Waals surface area contributed by atoms with E-state index in [0.29, 0.717) is 31.4 Å². The van der Waals surface area contributed by atoms with Gasteiger partial charge in [0.2, 0.25) is 0 Å². The Balaban J connectivity index is 1.58. The minimum Gasteiger partial charge on any atom is -0.449 e. The van der Waals surface area contributed by atoms with Crippen molar-refractivity contribution in [3.8, 4) is 0 Å². The first-order valence-corrected chi connectivity index (χ1v) is 11.6. The molecule has 2 aliphatic heterocycles. The van der Waals surface area contributed by atoms with Gasteiger partial charge in [0, 0.05) is 31.5 Å². The second-order valence-corrected chi connectivity index (χ2v) is 11.0. The number of hydrogen-bond acceptors (Lipinski definition) is 6. The van der Waals surface area contributed by atoms with Crippen molar-refractivity contribution in [3.63, 3.8) is 0 Å². The summed E-state index contributed by atoms with van der Waals surface area (Å²) in [6, 6.07) is 7.14. The molecule has 29 heavy (non-hydrogen) atoms. The normalized spacial score (nSPS) is 36.6. The Morgan fingerprint density at radius 1 is 1.21 bits per heavy atom. The van der Waals surface area contributed by atoms with E-state index >= 15 is 0 Å². The van der Waals surface area contributed by atoms with Crippen molar-refractivity contribution < 1.29 is 27.3 Å². The fourth-order valence-electron chi connectivity index (χ4n) is 6.70. The maximum atomic E-state index is 13.1. The predicted octanol–water partition coefficient (Wildman–Crippen LogP) is 2.37. The molecule has 4 aliphatic rings. The highest BCUT2D eigenvalue weighted by atomic mass is 32.2. The summed E-state index contributed by atoms with van der Waals surface area (Å²) in [5, 5.41) is -1.32. The molecule has 3 unspecified atom stereocenters. The average Bonchev–Trinajstić information content (AvgIpc) is 3.29. The van der Waals surface area contributed by atoms with Crippen molar-refractivity contribution >= 4 is 21.9 Å². The highest BCUT2D eigenvalue weighted by molar-refractivity contribution is 7.86. The first-order chi connectivity index (χ1) is 13.5. The zero-order valence-corrected chi connectivity index (χ0v) is 17.4. The number of nitrogens with zero attached hydrogens (tertiary/aromatic N) is 1. The van der Waals surface area contributed by atoms with Gasteiger partial charge in [0.05, 0.1) is 11.0 Å². The third kappa shape index (κ3) is 2.28. The van der Waals surface area contributed by atoms with Crippen LogP contribution >= 0.6 is 0 Å². The molecule has 2 heterocycles. The SMILES string of the molecule is CC1(C)C2CC[C@@]1(C(N1CCC3(C1)OC(=O)c1ccccc13)S(=O)(=O)O)C(=O)C2. The van der Waals surface area contributed by atoms with Gasteiger partial charge in [-0.05, 0) is 30.2 Å². The molecule has 3 fully saturated rings. The molecule has 1 aromatic rings. The summed E-state index contributed by atoms with van der Waals surface area (Å²) in [4.78, 5) is 27.1. The molecule has 4 atom stereocenters. The molecule has 2 aliphatic carbocycles. The largest absolute Gasteiger partial charge is 0.449 e. The number of rotatable bonds is 3. The summed E-state index contributed by atoms with van der Waals surface area (Å²) in [6.45, 7) is 4.37. The predicted molar refractivity (Wildman–Crippen MR) is 104 cm³/mol. The zero-order chi connectivity index (χ0) is 20.8. The summed E-state index contributed by atoms with van der Waals surface area (Å²) < 4.78 is 41.4. The second-order valence-electron chi connectivity index (χ2n) is 9.57. The van der Waals surface area contributed by atoms with E-state index in [1.807, 2.05) is 26.0 Å². The van der Waals surface area contributed by atoms with Crippen LogP contribution in [0.2, 0.25) is 0 Å². The average molecular weight is 419 g/mol. The molecule has 1 N–H and O–H groups in total. The maximum Gasteiger partial charge on any atom is 0.339 e. The van der Waals surface area contributed by atoms with E-state index in [4.69, 9.17) is 4.74 Å². The smallest absolute Gasteiger partial charge is 0.339 e. The zero-order valence-electron chi connectivity index (χ0n) is 16.6. The number of hydrogen-bond donors (Lipinski definition) is 1. The Morgan fingerprint density at radius 2 is 1.93 bits per heavy atom. The molecule has 1 aromatic carbocycles. The number of ketones is 1. The molecule has 1 spiro atoms. The van der Waals surface area contributed by atoms with Crippen LogP contribution in [0.5, 0.6) is 0 Å². The number of likely N-dealkylation sites (tertiary alicyclic amines) is 1. The quantitative estimate of drug-likeness (QED) is 0.593. The summed E-state index contributed by atoms with van der Waals surface area (Å²) in [6.07, 6.45) is 2.01. The van der Waals surface area contributed by atoms with Gasteiger partial charge in [-0.25, -0.2) is 4.79 Å². The number of ether oxygens (including phenoxy) is 1. The lowest BCUT2D eigenvalue weighted by Crippen LogP contribution is -2.58. The molecule has 8 heteroatoms. The van der Waals surface area contributed by atoms with Crippen molar-refractivity contribution in [2.45, 2.75) is 50.5 Å². The lowest BCUT2D eigenvalue weighted by Gasteiger charge is -2.45. The lowest BCUT2D eigenvalue weighted by molar-refractivity contribution is -0.132. The van der Waals surface area contributed by atoms with Crippen LogP contribution in [0.4, 0.5) is 0 Å². The summed E-state index contributed by atoms with van der Waals surface area (Å²) in [7, 11) is -4.55. The Bertz CT molecular complexity index is 1030. The Kier molecular flexibility index (Phi) is 3.76. The molecule has 2 saturated carbocycles. The highest BCUT2D eigenvalue weighted by Gasteiger charge is 2.71. The van der Waals surface area contributed by atoms with Crippen LogP contribution in [0.25, 0.3) is 0 Å². The number of fused-ring (bicyclic) bond motifs is 4. The summed E-state index contributed by atoms with van der Waals surface area (Å²) in [5.74, 6) is -0.366.